The van der Waals surface area contributed by atoms with Gasteiger partial charge in [-0.05, 0) is 24.3 Å². The van der Waals surface area contributed by atoms with Crippen LogP contribution in [0.3, 0.4) is 0 Å². The lowest BCUT2D eigenvalue weighted by Gasteiger charge is -2.12. The highest BCUT2D eigenvalue weighted by molar-refractivity contribution is 7.16. The maximum Gasteiger partial charge on any atom is 0.325 e. The predicted octanol–water partition coefficient (Wildman–Crippen LogP) is 4.34. The summed E-state index contributed by atoms with van der Waals surface area (Å²) in [5.74, 6) is 0.747. The van der Waals surface area contributed by atoms with Crippen LogP contribution in [-0.2, 0) is 5.41 Å². The minimum absolute atomic E-state index is 0.106. The molecule has 2 heterocycles. The number of oxazole rings is 1. The lowest BCUT2D eigenvalue weighted by molar-refractivity contribution is 0.1000. The first-order valence-electron chi connectivity index (χ1n) is 8.79. The minimum Gasteiger partial charge on any atom is -0.441 e. The summed E-state index contributed by atoms with van der Waals surface area (Å²) in [5.41, 5.74) is 5.90. The second-order valence-electron chi connectivity index (χ2n) is 7.24. The molecule has 0 aliphatic heterocycles. The van der Waals surface area contributed by atoms with Crippen molar-refractivity contribution in [3.8, 4) is 0 Å². The summed E-state index contributed by atoms with van der Waals surface area (Å²) in [7, 11) is 0. The molecule has 3 amide bonds. The maximum atomic E-state index is 12.1. The van der Waals surface area contributed by atoms with Gasteiger partial charge in [-0.2, -0.15) is 0 Å². The molecule has 3 rings (SSSR count). The molecule has 0 aliphatic carbocycles. The first kappa shape index (κ1) is 20.3. The van der Waals surface area contributed by atoms with Crippen LogP contribution in [0.15, 0.2) is 41.1 Å². The number of carbonyl (C=O) groups is 2. The van der Waals surface area contributed by atoms with Crippen LogP contribution in [0.2, 0.25) is 0 Å². The number of nitrogens with one attached hydrogen (secondary N) is 2. The van der Waals surface area contributed by atoms with Crippen molar-refractivity contribution in [2.24, 2.45) is 5.73 Å². The number of benzene rings is 1. The standard InChI is InChI=1S/C20H21N5O3S/c1-20(2,3)15-11-22-16(28-15)8-7-14-10-23-19(29-14)25-18(27)24-13-6-4-5-12(9-13)17(21)26/h4-11H,1-3H3,(H2,21,26)(H2,23,24,25,27)/b8-7+. The molecule has 0 unspecified atom stereocenters. The van der Waals surface area contributed by atoms with Crippen molar-refractivity contribution in [2.45, 2.75) is 26.2 Å². The molecule has 0 bridgehead atoms. The Bertz CT molecular complexity index is 1060. The van der Waals surface area contributed by atoms with Crippen LogP contribution >= 0.6 is 11.3 Å². The Morgan fingerprint density at radius 1 is 1.14 bits per heavy atom. The van der Waals surface area contributed by atoms with Crippen LogP contribution in [0.5, 0.6) is 0 Å². The predicted molar refractivity (Wildman–Crippen MR) is 114 cm³/mol. The lowest BCUT2D eigenvalue weighted by atomic mass is 9.94. The molecule has 2 aromatic heterocycles. The second kappa shape index (κ2) is 8.27. The molecule has 0 saturated carbocycles. The number of hydrogen-bond donors (Lipinski definition) is 3. The zero-order valence-electron chi connectivity index (χ0n) is 16.2. The Balaban J connectivity index is 1.60. The van der Waals surface area contributed by atoms with Crippen LogP contribution in [0, 0.1) is 0 Å². The summed E-state index contributed by atoms with van der Waals surface area (Å²) in [5, 5.41) is 5.71. The number of anilines is 2. The number of carbonyl (C=O) groups excluding carboxylic acids is 2. The van der Waals surface area contributed by atoms with Crippen molar-refractivity contribution in [3.05, 3.63) is 58.8 Å². The molecular formula is C20H21N5O3S. The molecule has 3 aromatic rings. The van der Waals surface area contributed by atoms with Gasteiger partial charge in [-0.3, -0.25) is 10.1 Å². The third-order valence-electron chi connectivity index (χ3n) is 3.80. The number of primary amides is 1. The van der Waals surface area contributed by atoms with E-state index in [2.05, 4.69) is 41.4 Å². The highest BCUT2D eigenvalue weighted by Crippen LogP contribution is 2.24. The summed E-state index contributed by atoms with van der Waals surface area (Å²) >= 11 is 1.30. The molecule has 0 radical (unpaired) electrons. The van der Waals surface area contributed by atoms with E-state index >= 15 is 0 Å². The monoisotopic (exact) mass is 411 g/mol. The van der Waals surface area contributed by atoms with Crippen LogP contribution < -0.4 is 16.4 Å². The number of nitrogens with two attached hydrogens (primary N) is 1. The Morgan fingerprint density at radius 3 is 2.62 bits per heavy atom. The van der Waals surface area contributed by atoms with Gasteiger partial charge >= 0.3 is 6.03 Å². The van der Waals surface area contributed by atoms with E-state index in [1.54, 1.807) is 36.7 Å². The summed E-state index contributed by atoms with van der Waals surface area (Å²) in [4.78, 5) is 32.6. The minimum atomic E-state index is -0.564. The van der Waals surface area contributed by atoms with E-state index in [4.69, 9.17) is 10.2 Å². The van der Waals surface area contributed by atoms with Crippen molar-refractivity contribution in [3.63, 3.8) is 0 Å². The Hall–Kier alpha value is -3.46. The van der Waals surface area contributed by atoms with E-state index in [0.29, 0.717) is 22.3 Å². The van der Waals surface area contributed by atoms with Gasteiger partial charge < -0.3 is 15.5 Å². The van der Waals surface area contributed by atoms with Gasteiger partial charge in [0, 0.05) is 33.8 Å². The number of urea groups is 1. The van der Waals surface area contributed by atoms with Crippen LogP contribution in [0.4, 0.5) is 15.6 Å². The van der Waals surface area contributed by atoms with Crippen LogP contribution in [0.1, 0.15) is 47.7 Å². The van der Waals surface area contributed by atoms with Crippen molar-refractivity contribution in [2.75, 3.05) is 10.6 Å². The zero-order chi connectivity index (χ0) is 21.0. The molecule has 9 heteroatoms. The molecule has 1 aromatic carbocycles. The normalized spacial score (nSPS) is 11.6. The van der Waals surface area contributed by atoms with Gasteiger partial charge in [-0.25, -0.2) is 14.8 Å². The molecule has 0 saturated heterocycles. The quantitative estimate of drug-likeness (QED) is 0.576. The third kappa shape index (κ3) is 5.52. The first-order chi connectivity index (χ1) is 13.7. The molecule has 0 atom stereocenters. The van der Waals surface area contributed by atoms with E-state index in [-0.39, 0.29) is 5.41 Å². The number of aromatic nitrogens is 2. The third-order valence-corrected chi connectivity index (χ3v) is 4.68. The van der Waals surface area contributed by atoms with E-state index in [1.165, 1.54) is 17.4 Å². The van der Waals surface area contributed by atoms with Gasteiger partial charge in [0.2, 0.25) is 11.8 Å². The van der Waals surface area contributed by atoms with Crippen molar-refractivity contribution in [1.82, 2.24) is 9.97 Å². The average Bonchev–Trinajstić information content (AvgIpc) is 3.29. The van der Waals surface area contributed by atoms with Gasteiger partial charge in [-0.1, -0.05) is 38.2 Å². The molecule has 0 aliphatic rings. The SMILES string of the molecule is CC(C)(C)c1cnc(/C=C/c2cnc(NC(=O)Nc3cccc(C(N)=O)c3)s2)o1. The zero-order valence-corrected chi connectivity index (χ0v) is 17.0. The topological polar surface area (TPSA) is 123 Å². The largest absolute Gasteiger partial charge is 0.441 e. The fraction of sp³-hybridized carbons (Fsp3) is 0.200. The number of thiazole rings is 1. The van der Waals surface area contributed by atoms with Gasteiger partial charge in [0.15, 0.2) is 5.13 Å². The molecule has 0 fully saturated rings. The van der Waals surface area contributed by atoms with Gasteiger partial charge in [0.05, 0.1) is 6.20 Å². The number of nitrogens with zero attached hydrogens (tertiary/aromatic N) is 2. The molecular weight excluding hydrogens is 390 g/mol. The number of amides is 3. The van der Waals surface area contributed by atoms with E-state index in [0.717, 1.165) is 10.6 Å². The molecule has 150 valence electrons. The second-order valence-corrected chi connectivity index (χ2v) is 8.30. The number of hydrogen-bond acceptors (Lipinski definition) is 6. The fourth-order valence-electron chi connectivity index (χ4n) is 2.30. The van der Waals surface area contributed by atoms with Crippen molar-refractivity contribution >= 4 is 46.2 Å². The van der Waals surface area contributed by atoms with E-state index < -0.39 is 11.9 Å². The number of rotatable bonds is 5. The highest BCUT2D eigenvalue weighted by atomic mass is 32.1. The highest BCUT2D eigenvalue weighted by Gasteiger charge is 2.18. The van der Waals surface area contributed by atoms with Gasteiger partial charge in [0.1, 0.15) is 5.76 Å². The Morgan fingerprint density at radius 2 is 1.93 bits per heavy atom. The summed E-state index contributed by atoms with van der Waals surface area (Å²) in [6.07, 6.45) is 6.92. The summed E-state index contributed by atoms with van der Waals surface area (Å²) < 4.78 is 5.71. The molecule has 8 nitrogen and oxygen atoms in total. The fourth-order valence-corrected chi connectivity index (χ4v) is 3.01. The molecule has 29 heavy (non-hydrogen) atoms. The van der Waals surface area contributed by atoms with Crippen LogP contribution in [0.25, 0.3) is 12.2 Å². The van der Waals surface area contributed by atoms with Gasteiger partial charge in [-0.15, -0.1) is 0 Å². The van der Waals surface area contributed by atoms with Crippen molar-refractivity contribution < 1.29 is 14.0 Å². The van der Waals surface area contributed by atoms with E-state index in [9.17, 15) is 9.59 Å². The van der Waals surface area contributed by atoms with Crippen molar-refractivity contribution in [1.29, 1.82) is 0 Å². The van der Waals surface area contributed by atoms with Gasteiger partial charge in [0.25, 0.3) is 0 Å². The van der Waals surface area contributed by atoms with Crippen LogP contribution in [-0.4, -0.2) is 21.9 Å². The smallest absolute Gasteiger partial charge is 0.325 e. The summed E-state index contributed by atoms with van der Waals surface area (Å²) in [6.45, 7) is 6.16. The average molecular weight is 411 g/mol. The Labute approximate surface area is 171 Å². The van der Waals surface area contributed by atoms with E-state index in [1.807, 2.05) is 6.08 Å². The molecule has 0 spiro atoms. The Kier molecular flexibility index (Phi) is 5.79. The first-order valence-corrected chi connectivity index (χ1v) is 9.60. The lowest BCUT2D eigenvalue weighted by Crippen LogP contribution is -2.19. The molecule has 4 N–H and O–H groups in total. The maximum absolute atomic E-state index is 12.1. The summed E-state index contributed by atoms with van der Waals surface area (Å²) in [6, 6.07) is 5.89.